The fraction of sp³-hybridized carbons (Fsp3) is 0.636. The number of halogens is 1. The van der Waals surface area contributed by atoms with E-state index in [0.717, 1.165) is 17.8 Å². The quantitative estimate of drug-likeness (QED) is 0.726. The number of amides is 1. The first-order valence-electron chi connectivity index (χ1n) is 10.3. The molecule has 1 aromatic carbocycles. The van der Waals surface area contributed by atoms with Crippen LogP contribution in [-0.2, 0) is 14.3 Å². The van der Waals surface area contributed by atoms with Gasteiger partial charge in [-0.25, -0.2) is 9.18 Å². The molecular formula is C22H28FNO4. The molecule has 4 fully saturated rings. The zero-order chi connectivity index (χ0) is 19.7. The first-order valence-corrected chi connectivity index (χ1v) is 10.3. The van der Waals surface area contributed by atoms with E-state index in [4.69, 9.17) is 9.47 Å². The van der Waals surface area contributed by atoms with E-state index in [9.17, 15) is 14.0 Å². The Hall–Kier alpha value is -2.11. The lowest BCUT2D eigenvalue weighted by molar-refractivity contribution is -0.155. The van der Waals surface area contributed by atoms with Crippen molar-refractivity contribution in [2.75, 3.05) is 13.2 Å². The van der Waals surface area contributed by atoms with Crippen molar-refractivity contribution in [2.24, 2.45) is 23.2 Å². The zero-order valence-corrected chi connectivity index (χ0v) is 16.3. The van der Waals surface area contributed by atoms with E-state index in [0.29, 0.717) is 12.3 Å². The van der Waals surface area contributed by atoms with Crippen molar-refractivity contribution >= 4 is 11.9 Å². The maximum atomic E-state index is 12.9. The van der Waals surface area contributed by atoms with Crippen LogP contribution >= 0.6 is 0 Å². The second-order valence-corrected chi connectivity index (χ2v) is 9.02. The van der Waals surface area contributed by atoms with Gasteiger partial charge < -0.3 is 14.8 Å². The minimum absolute atomic E-state index is 0.257. The number of carbonyl (C=O) groups is 2. The Balaban J connectivity index is 1.20. The molecule has 0 saturated heterocycles. The van der Waals surface area contributed by atoms with Crippen molar-refractivity contribution < 1.29 is 23.5 Å². The van der Waals surface area contributed by atoms with E-state index in [1.165, 1.54) is 62.8 Å². The molecule has 5 rings (SSSR count). The third-order valence-electron chi connectivity index (χ3n) is 6.63. The maximum Gasteiger partial charge on any atom is 0.347 e. The molecule has 1 atom stereocenters. The molecule has 1 aromatic rings. The molecule has 4 aliphatic rings. The summed E-state index contributed by atoms with van der Waals surface area (Å²) in [5, 5.41) is 2.99. The number of benzene rings is 1. The van der Waals surface area contributed by atoms with Crippen LogP contribution in [0.4, 0.5) is 4.39 Å². The monoisotopic (exact) mass is 389 g/mol. The SMILES string of the molecule is C[C@H](Oc1ccc(F)cc1)C(=O)OCC(=O)NCC12CC3CC(CC(C3)C1)C2. The molecule has 5 nitrogen and oxygen atoms in total. The Kier molecular flexibility index (Phi) is 5.30. The van der Waals surface area contributed by atoms with Gasteiger partial charge in [0.15, 0.2) is 12.7 Å². The van der Waals surface area contributed by atoms with E-state index in [-0.39, 0.29) is 23.7 Å². The standard InChI is InChI=1S/C22H28FNO4/c1-14(28-19-4-2-18(23)3-5-19)21(26)27-12-20(25)24-13-22-9-15-6-16(10-22)8-17(7-15)11-22/h2-5,14-17H,6-13H2,1H3,(H,24,25)/t14-,15?,16?,17?,22?/m0/s1. The van der Waals surface area contributed by atoms with Gasteiger partial charge in [-0.3, -0.25) is 4.79 Å². The minimum atomic E-state index is -0.874. The van der Waals surface area contributed by atoms with Crippen LogP contribution in [-0.4, -0.2) is 31.1 Å². The van der Waals surface area contributed by atoms with Crippen molar-refractivity contribution in [2.45, 2.75) is 51.6 Å². The second-order valence-electron chi connectivity index (χ2n) is 9.02. The number of hydrogen-bond acceptors (Lipinski definition) is 4. The molecule has 4 aliphatic carbocycles. The van der Waals surface area contributed by atoms with Gasteiger partial charge in [0.25, 0.3) is 5.91 Å². The largest absolute Gasteiger partial charge is 0.479 e. The Morgan fingerprint density at radius 2 is 1.68 bits per heavy atom. The summed E-state index contributed by atoms with van der Waals surface area (Å²) in [7, 11) is 0. The number of hydrogen-bond donors (Lipinski definition) is 1. The molecule has 0 radical (unpaired) electrons. The Morgan fingerprint density at radius 1 is 1.11 bits per heavy atom. The summed E-state index contributed by atoms with van der Waals surface area (Å²) in [6.45, 7) is 1.93. The van der Waals surface area contributed by atoms with Crippen LogP contribution in [0.25, 0.3) is 0 Å². The lowest BCUT2D eigenvalue weighted by atomic mass is 9.49. The van der Waals surface area contributed by atoms with Crippen LogP contribution in [0, 0.1) is 29.0 Å². The molecule has 1 N–H and O–H groups in total. The number of ether oxygens (including phenoxy) is 2. The van der Waals surface area contributed by atoms with E-state index in [2.05, 4.69) is 5.32 Å². The first kappa shape index (κ1) is 19.2. The number of carbonyl (C=O) groups excluding carboxylic acids is 2. The highest BCUT2D eigenvalue weighted by molar-refractivity contribution is 5.82. The molecule has 1 amide bonds. The Bertz CT molecular complexity index is 697. The van der Waals surface area contributed by atoms with Gasteiger partial charge in [0, 0.05) is 6.54 Å². The van der Waals surface area contributed by atoms with Crippen molar-refractivity contribution in [3.63, 3.8) is 0 Å². The van der Waals surface area contributed by atoms with Crippen LogP contribution in [0.3, 0.4) is 0 Å². The van der Waals surface area contributed by atoms with Gasteiger partial charge in [-0.2, -0.15) is 0 Å². The molecule has 0 heterocycles. The minimum Gasteiger partial charge on any atom is -0.479 e. The molecule has 28 heavy (non-hydrogen) atoms. The van der Waals surface area contributed by atoms with Crippen molar-refractivity contribution in [3.05, 3.63) is 30.1 Å². The highest BCUT2D eigenvalue weighted by Crippen LogP contribution is 2.59. The van der Waals surface area contributed by atoms with E-state index < -0.39 is 12.1 Å². The summed E-state index contributed by atoms with van der Waals surface area (Å²) >= 11 is 0. The third kappa shape index (κ3) is 4.31. The van der Waals surface area contributed by atoms with Crippen LogP contribution in [0.1, 0.15) is 45.4 Å². The van der Waals surface area contributed by atoms with Gasteiger partial charge in [-0.05, 0) is 92.9 Å². The normalized spacial score (nSPS) is 31.3. The first-order chi connectivity index (χ1) is 13.4. The van der Waals surface area contributed by atoms with Gasteiger partial charge >= 0.3 is 5.97 Å². The number of esters is 1. The van der Waals surface area contributed by atoms with Gasteiger partial charge in [0.2, 0.25) is 0 Å². The zero-order valence-electron chi connectivity index (χ0n) is 16.3. The van der Waals surface area contributed by atoms with Crippen LogP contribution < -0.4 is 10.1 Å². The van der Waals surface area contributed by atoms with Crippen LogP contribution in [0.15, 0.2) is 24.3 Å². The number of rotatable bonds is 7. The van der Waals surface area contributed by atoms with Gasteiger partial charge in [0.1, 0.15) is 11.6 Å². The molecule has 0 unspecified atom stereocenters. The van der Waals surface area contributed by atoms with Crippen molar-refractivity contribution in [1.82, 2.24) is 5.32 Å². The highest BCUT2D eigenvalue weighted by Gasteiger charge is 2.50. The fourth-order valence-electron chi connectivity index (χ4n) is 5.86. The average Bonchev–Trinajstić information content (AvgIpc) is 2.65. The van der Waals surface area contributed by atoms with Crippen molar-refractivity contribution in [3.8, 4) is 5.75 Å². The van der Waals surface area contributed by atoms with E-state index in [1.54, 1.807) is 6.92 Å². The molecule has 0 spiro atoms. The molecule has 4 bridgehead atoms. The average molecular weight is 389 g/mol. The summed E-state index contributed by atoms with van der Waals surface area (Å²) < 4.78 is 23.4. The smallest absolute Gasteiger partial charge is 0.347 e. The molecular weight excluding hydrogens is 361 g/mol. The van der Waals surface area contributed by atoms with Crippen molar-refractivity contribution in [1.29, 1.82) is 0 Å². The second kappa shape index (κ2) is 7.72. The predicted molar refractivity (Wildman–Crippen MR) is 101 cm³/mol. The fourth-order valence-corrected chi connectivity index (χ4v) is 5.86. The Morgan fingerprint density at radius 3 is 2.25 bits per heavy atom. The maximum absolute atomic E-state index is 12.9. The predicted octanol–water partition coefficient (Wildman–Crippen LogP) is 3.47. The summed E-state index contributed by atoms with van der Waals surface area (Å²) in [5.41, 5.74) is 0.257. The van der Waals surface area contributed by atoms with Crippen LogP contribution in [0.5, 0.6) is 5.75 Å². The van der Waals surface area contributed by atoms with Gasteiger partial charge in [0.05, 0.1) is 0 Å². The summed E-state index contributed by atoms with van der Waals surface area (Å²) in [5.74, 6) is 1.63. The Labute approximate surface area is 165 Å². The molecule has 152 valence electrons. The van der Waals surface area contributed by atoms with E-state index >= 15 is 0 Å². The van der Waals surface area contributed by atoms with Gasteiger partial charge in [-0.15, -0.1) is 0 Å². The summed E-state index contributed by atoms with van der Waals surface area (Å²) in [6.07, 6.45) is 6.91. The summed E-state index contributed by atoms with van der Waals surface area (Å²) in [4.78, 5) is 24.2. The summed E-state index contributed by atoms with van der Waals surface area (Å²) in [6, 6.07) is 5.39. The third-order valence-corrected chi connectivity index (χ3v) is 6.63. The lowest BCUT2D eigenvalue weighted by Gasteiger charge is -2.56. The number of nitrogens with one attached hydrogen (secondary N) is 1. The molecule has 4 saturated carbocycles. The molecule has 0 aliphatic heterocycles. The van der Waals surface area contributed by atoms with Crippen LogP contribution in [0.2, 0.25) is 0 Å². The van der Waals surface area contributed by atoms with E-state index in [1.807, 2.05) is 0 Å². The molecule has 6 heteroatoms. The van der Waals surface area contributed by atoms with Gasteiger partial charge in [-0.1, -0.05) is 0 Å². The molecule has 0 aromatic heterocycles. The highest BCUT2D eigenvalue weighted by atomic mass is 19.1. The topological polar surface area (TPSA) is 64.6 Å². The lowest BCUT2D eigenvalue weighted by Crippen LogP contribution is -2.51.